The van der Waals surface area contributed by atoms with E-state index in [2.05, 4.69) is 10.3 Å². The lowest BCUT2D eigenvalue weighted by Gasteiger charge is -2.39. The minimum absolute atomic E-state index is 0.140. The zero-order chi connectivity index (χ0) is 18.8. The van der Waals surface area contributed by atoms with Gasteiger partial charge in [0.25, 0.3) is 0 Å². The average molecular weight is 401 g/mol. The quantitative estimate of drug-likeness (QED) is 0.642. The smallest absolute Gasteiger partial charge is 0.223 e. The van der Waals surface area contributed by atoms with Crippen LogP contribution in [-0.4, -0.2) is 38.9 Å². The van der Waals surface area contributed by atoms with Gasteiger partial charge in [0.1, 0.15) is 5.69 Å². The van der Waals surface area contributed by atoms with Crippen molar-refractivity contribution in [3.63, 3.8) is 0 Å². The van der Waals surface area contributed by atoms with Crippen LogP contribution < -0.4 is 0 Å². The third-order valence-corrected chi connectivity index (χ3v) is 5.52. The predicted molar refractivity (Wildman–Crippen MR) is 106 cm³/mol. The van der Waals surface area contributed by atoms with Crippen LogP contribution in [0.2, 0.25) is 10.0 Å². The highest BCUT2D eigenvalue weighted by Crippen LogP contribution is 2.25. The minimum atomic E-state index is 0.140. The molecule has 7 heteroatoms. The van der Waals surface area contributed by atoms with Crippen LogP contribution >= 0.6 is 23.2 Å². The van der Waals surface area contributed by atoms with Crippen LogP contribution in [0.15, 0.2) is 54.7 Å². The number of halogens is 2. The molecule has 0 bridgehead atoms. The molecule has 1 aromatic heterocycles. The summed E-state index contributed by atoms with van der Waals surface area (Å²) in [6.45, 7) is 1.33. The van der Waals surface area contributed by atoms with E-state index in [1.165, 1.54) is 0 Å². The molecule has 1 aliphatic heterocycles. The number of carbonyl (C=O) groups excluding carboxylic acids is 1. The first-order valence-electron chi connectivity index (χ1n) is 8.79. The number of aryl methyl sites for hydroxylation is 1. The van der Waals surface area contributed by atoms with E-state index in [1.807, 2.05) is 58.2 Å². The lowest BCUT2D eigenvalue weighted by atomic mass is 10.1. The van der Waals surface area contributed by atoms with E-state index in [0.717, 1.165) is 16.8 Å². The van der Waals surface area contributed by atoms with Gasteiger partial charge in [-0.05, 0) is 24.1 Å². The van der Waals surface area contributed by atoms with Gasteiger partial charge < -0.3 is 4.90 Å². The van der Waals surface area contributed by atoms with Crippen molar-refractivity contribution < 1.29 is 4.79 Å². The van der Waals surface area contributed by atoms with Crippen LogP contribution in [-0.2, 0) is 11.2 Å². The molecule has 0 N–H and O–H groups in total. The third kappa shape index (κ3) is 3.99. The van der Waals surface area contributed by atoms with Crippen molar-refractivity contribution in [2.24, 2.45) is 0 Å². The van der Waals surface area contributed by atoms with Gasteiger partial charge in [0.15, 0.2) is 0 Å². The number of carbonyl (C=O) groups is 1. The normalized spacial score (nSPS) is 14.2. The Kier molecular flexibility index (Phi) is 5.14. The van der Waals surface area contributed by atoms with Crippen molar-refractivity contribution in [1.82, 2.24) is 19.9 Å². The average Bonchev–Trinajstić information content (AvgIpc) is 3.12. The summed E-state index contributed by atoms with van der Waals surface area (Å²) in [6, 6.07) is 15.6. The predicted octanol–water partition coefficient (Wildman–Crippen LogP) is 4.27. The fraction of sp³-hybridized carbons (Fsp3) is 0.250. The van der Waals surface area contributed by atoms with Crippen LogP contribution in [0.3, 0.4) is 0 Å². The highest BCUT2D eigenvalue weighted by molar-refractivity contribution is 6.42. The number of likely N-dealkylation sites (tertiary alicyclic amines) is 1. The Labute approximate surface area is 167 Å². The monoisotopic (exact) mass is 400 g/mol. The van der Waals surface area contributed by atoms with E-state index in [0.29, 0.717) is 36.0 Å². The summed E-state index contributed by atoms with van der Waals surface area (Å²) in [4.78, 5) is 14.2. The summed E-state index contributed by atoms with van der Waals surface area (Å²) < 4.78 is 1.85. The molecule has 2 heterocycles. The molecule has 0 radical (unpaired) electrons. The van der Waals surface area contributed by atoms with E-state index in [4.69, 9.17) is 23.2 Å². The fourth-order valence-electron chi connectivity index (χ4n) is 3.13. The second kappa shape index (κ2) is 7.71. The molecule has 1 amide bonds. The van der Waals surface area contributed by atoms with Crippen molar-refractivity contribution in [2.45, 2.75) is 18.9 Å². The molecule has 4 rings (SSSR count). The maximum atomic E-state index is 12.4. The highest BCUT2D eigenvalue weighted by atomic mass is 35.5. The van der Waals surface area contributed by atoms with Crippen molar-refractivity contribution in [2.75, 3.05) is 13.1 Å². The zero-order valence-corrected chi connectivity index (χ0v) is 16.1. The first-order valence-corrected chi connectivity index (χ1v) is 9.55. The summed E-state index contributed by atoms with van der Waals surface area (Å²) in [6.07, 6.45) is 3.05. The molecule has 0 spiro atoms. The van der Waals surface area contributed by atoms with Crippen LogP contribution in [0.1, 0.15) is 18.0 Å². The second-order valence-corrected chi connectivity index (χ2v) is 7.47. The van der Waals surface area contributed by atoms with Gasteiger partial charge in [-0.1, -0.05) is 64.8 Å². The Bertz CT molecular complexity index is 952. The molecular weight excluding hydrogens is 383 g/mol. The third-order valence-electron chi connectivity index (χ3n) is 4.78. The van der Waals surface area contributed by atoms with Gasteiger partial charge in [0.05, 0.1) is 22.3 Å². The van der Waals surface area contributed by atoms with Crippen LogP contribution in [0, 0.1) is 0 Å². The number of aromatic nitrogens is 3. The lowest BCUT2D eigenvalue weighted by molar-refractivity contribution is -0.137. The molecule has 1 fully saturated rings. The molecule has 27 heavy (non-hydrogen) atoms. The van der Waals surface area contributed by atoms with Gasteiger partial charge in [0.2, 0.25) is 5.91 Å². The van der Waals surface area contributed by atoms with E-state index >= 15 is 0 Å². The van der Waals surface area contributed by atoms with Crippen LogP contribution in [0.5, 0.6) is 0 Å². The molecule has 5 nitrogen and oxygen atoms in total. The van der Waals surface area contributed by atoms with Gasteiger partial charge in [0, 0.05) is 25.1 Å². The number of rotatable bonds is 5. The molecule has 138 valence electrons. The largest absolute Gasteiger partial charge is 0.338 e. The fourth-order valence-corrected chi connectivity index (χ4v) is 3.45. The van der Waals surface area contributed by atoms with Crippen LogP contribution in [0.4, 0.5) is 0 Å². The topological polar surface area (TPSA) is 51.0 Å². The molecule has 0 aliphatic carbocycles. The van der Waals surface area contributed by atoms with E-state index in [9.17, 15) is 4.79 Å². The highest BCUT2D eigenvalue weighted by Gasteiger charge is 2.32. The van der Waals surface area contributed by atoms with Crippen molar-refractivity contribution >= 4 is 29.1 Å². The number of hydrogen-bond donors (Lipinski definition) is 0. The maximum absolute atomic E-state index is 12.4. The first-order chi connectivity index (χ1) is 13.1. The summed E-state index contributed by atoms with van der Waals surface area (Å²) in [5, 5.41) is 9.51. The van der Waals surface area contributed by atoms with Crippen molar-refractivity contribution in [3.05, 3.63) is 70.3 Å². The minimum Gasteiger partial charge on any atom is -0.338 e. The summed E-state index contributed by atoms with van der Waals surface area (Å²) in [5.74, 6) is 0.140. The van der Waals surface area contributed by atoms with E-state index < -0.39 is 0 Å². The Morgan fingerprint density at radius 3 is 2.59 bits per heavy atom. The molecule has 0 saturated carbocycles. The number of amides is 1. The Morgan fingerprint density at radius 2 is 1.85 bits per heavy atom. The molecule has 3 aromatic rings. The second-order valence-electron chi connectivity index (χ2n) is 6.65. The van der Waals surface area contributed by atoms with Gasteiger partial charge in [-0.2, -0.15) is 0 Å². The Hall–Kier alpha value is -2.37. The lowest BCUT2D eigenvalue weighted by Crippen LogP contribution is -2.50. The standard InChI is InChI=1S/C20H18Cl2N4O/c21-17-8-6-14(10-18(17)22)7-9-20(27)25-11-16(12-25)26-13-19(23-24-26)15-4-2-1-3-5-15/h1-6,8,10,13,16H,7,9,11-12H2. The first kappa shape index (κ1) is 18.0. The molecule has 1 aliphatic rings. The summed E-state index contributed by atoms with van der Waals surface area (Å²) in [5.41, 5.74) is 2.90. The van der Waals surface area contributed by atoms with E-state index in [-0.39, 0.29) is 11.9 Å². The van der Waals surface area contributed by atoms with Crippen molar-refractivity contribution in [1.29, 1.82) is 0 Å². The van der Waals surface area contributed by atoms with Gasteiger partial charge >= 0.3 is 0 Å². The number of hydrogen-bond acceptors (Lipinski definition) is 3. The number of benzene rings is 2. The Morgan fingerprint density at radius 1 is 1.07 bits per heavy atom. The number of nitrogens with zero attached hydrogens (tertiary/aromatic N) is 4. The van der Waals surface area contributed by atoms with Gasteiger partial charge in [-0.25, -0.2) is 4.68 Å². The molecule has 2 aromatic carbocycles. The molecular formula is C20H18Cl2N4O. The van der Waals surface area contributed by atoms with Crippen LogP contribution in [0.25, 0.3) is 11.3 Å². The molecule has 0 unspecified atom stereocenters. The molecule has 1 saturated heterocycles. The Balaban J connectivity index is 1.29. The van der Waals surface area contributed by atoms with E-state index in [1.54, 1.807) is 6.07 Å². The SMILES string of the molecule is O=C(CCc1ccc(Cl)c(Cl)c1)N1CC(n2cc(-c3ccccc3)nn2)C1. The maximum Gasteiger partial charge on any atom is 0.223 e. The van der Waals surface area contributed by atoms with Crippen molar-refractivity contribution in [3.8, 4) is 11.3 Å². The zero-order valence-electron chi connectivity index (χ0n) is 14.6. The van der Waals surface area contributed by atoms with Gasteiger partial charge in [-0.3, -0.25) is 4.79 Å². The molecule has 0 atom stereocenters. The van der Waals surface area contributed by atoms with Gasteiger partial charge in [-0.15, -0.1) is 5.10 Å². The summed E-state index contributed by atoms with van der Waals surface area (Å²) >= 11 is 11.9. The summed E-state index contributed by atoms with van der Waals surface area (Å²) in [7, 11) is 0.